The Morgan fingerprint density at radius 1 is 1.57 bits per heavy atom. The van der Waals surface area contributed by atoms with Gasteiger partial charge in [-0.15, -0.1) is 6.58 Å². The molecule has 5 nitrogen and oxygen atoms in total. The van der Waals surface area contributed by atoms with Crippen LogP contribution in [0.1, 0.15) is 31.1 Å². The van der Waals surface area contributed by atoms with E-state index in [1.54, 1.807) is 12.3 Å². The van der Waals surface area contributed by atoms with Crippen LogP contribution in [0, 0.1) is 12.8 Å². The average molecular weight is 291 g/mol. The third-order valence-electron chi connectivity index (χ3n) is 3.30. The molecule has 1 rings (SSSR count). The second-order valence-electron chi connectivity index (χ2n) is 5.34. The summed E-state index contributed by atoms with van der Waals surface area (Å²) in [6, 6.07) is 3.49. The molecule has 0 aliphatic rings. The predicted molar refractivity (Wildman–Crippen MR) is 83.9 cm³/mol. The second-order valence-corrected chi connectivity index (χ2v) is 5.34. The number of carbonyl (C=O) groups excluding carboxylic acids is 1. The highest BCUT2D eigenvalue weighted by molar-refractivity contribution is 5.75. The van der Waals surface area contributed by atoms with Gasteiger partial charge in [-0.05, 0) is 24.5 Å². The molecule has 0 aliphatic heterocycles. The molecule has 0 saturated carbocycles. The van der Waals surface area contributed by atoms with E-state index in [0.717, 1.165) is 11.3 Å². The second kappa shape index (κ2) is 8.42. The predicted octanol–water partition coefficient (Wildman–Crippen LogP) is 2.28. The van der Waals surface area contributed by atoms with Crippen molar-refractivity contribution >= 4 is 6.03 Å². The van der Waals surface area contributed by atoms with Crippen molar-refractivity contribution in [1.29, 1.82) is 0 Å². The van der Waals surface area contributed by atoms with Crippen molar-refractivity contribution in [3.63, 3.8) is 0 Å². The Bertz CT molecular complexity index is 474. The molecule has 21 heavy (non-hydrogen) atoms. The van der Waals surface area contributed by atoms with Crippen LogP contribution in [0.2, 0.25) is 0 Å². The zero-order valence-electron chi connectivity index (χ0n) is 13.0. The lowest BCUT2D eigenvalue weighted by molar-refractivity contribution is 0.177. The Morgan fingerprint density at radius 2 is 2.29 bits per heavy atom. The number of aliphatic hydroxyl groups is 1. The molecule has 0 aromatic carbocycles. The first kappa shape index (κ1) is 17.2. The van der Waals surface area contributed by atoms with E-state index in [1.165, 1.54) is 4.90 Å². The molecule has 0 fully saturated rings. The molecule has 1 aromatic heterocycles. The summed E-state index contributed by atoms with van der Waals surface area (Å²) in [5, 5.41) is 12.1. The van der Waals surface area contributed by atoms with Crippen molar-refractivity contribution in [3.05, 3.63) is 42.2 Å². The summed E-state index contributed by atoms with van der Waals surface area (Å²) in [5.41, 5.74) is 1.93. The van der Waals surface area contributed by atoms with E-state index in [-0.39, 0.29) is 31.1 Å². The third-order valence-corrected chi connectivity index (χ3v) is 3.30. The SMILES string of the molecule is C=CCN(CCO)C(=O)NC(c1ncccc1C)C(C)C. The van der Waals surface area contributed by atoms with Gasteiger partial charge in [0.25, 0.3) is 0 Å². The zero-order valence-corrected chi connectivity index (χ0v) is 13.0. The van der Waals surface area contributed by atoms with E-state index < -0.39 is 0 Å². The molecule has 1 aromatic rings. The summed E-state index contributed by atoms with van der Waals surface area (Å²) in [5.74, 6) is 0.210. The zero-order chi connectivity index (χ0) is 15.8. The Balaban J connectivity index is 2.90. The highest BCUT2D eigenvalue weighted by atomic mass is 16.3. The molecule has 0 bridgehead atoms. The van der Waals surface area contributed by atoms with Gasteiger partial charge in [0.15, 0.2) is 0 Å². The number of aliphatic hydroxyl groups excluding tert-OH is 1. The summed E-state index contributed by atoms with van der Waals surface area (Å²) in [4.78, 5) is 18.3. The van der Waals surface area contributed by atoms with E-state index in [4.69, 9.17) is 5.11 Å². The summed E-state index contributed by atoms with van der Waals surface area (Å²) >= 11 is 0. The van der Waals surface area contributed by atoms with Crippen LogP contribution in [0.15, 0.2) is 31.0 Å². The fourth-order valence-corrected chi connectivity index (χ4v) is 2.15. The first-order valence-electron chi connectivity index (χ1n) is 7.20. The average Bonchev–Trinajstić information content (AvgIpc) is 2.45. The van der Waals surface area contributed by atoms with Crippen LogP contribution in [0.5, 0.6) is 0 Å². The quantitative estimate of drug-likeness (QED) is 0.757. The van der Waals surface area contributed by atoms with Gasteiger partial charge in [0, 0.05) is 19.3 Å². The minimum Gasteiger partial charge on any atom is -0.395 e. The van der Waals surface area contributed by atoms with Crippen molar-refractivity contribution in [2.24, 2.45) is 5.92 Å². The van der Waals surface area contributed by atoms with Crippen molar-refractivity contribution in [2.75, 3.05) is 19.7 Å². The lowest BCUT2D eigenvalue weighted by atomic mass is 9.97. The number of hydrogen-bond acceptors (Lipinski definition) is 3. The molecule has 5 heteroatoms. The molecule has 2 N–H and O–H groups in total. The maximum Gasteiger partial charge on any atom is 0.318 e. The molecule has 1 atom stereocenters. The van der Waals surface area contributed by atoms with Crippen molar-refractivity contribution in [2.45, 2.75) is 26.8 Å². The molecule has 0 spiro atoms. The van der Waals surface area contributed by atoms with Crippen LogP contribution in [0.25, 0.3) is 0 Å². The van der Waals surface area contributed by atoms with Gasteiger partial charge >= 0.3 is 6.03 Å². The van der Waals surface area contributed by atoms with E-state index in [0.29, 0.717) is 6.54 Å². The topological polar surface area (TPSA) is 65.5 Å². The number of rotatable bonds is 7. The van der Waals surface area contributed by atoms with Gasteiger partial charge in [0.1, 0.15) is 0 Å². The van der Waals surface area contributed by atoms with Gasteiger partial charge < -0.3 is 15.3 Å². The number of aromatic nitrogens is 1. The van der Waals surface area contributed by atoms with Crippen LogP contribution in [-0.2, 0) is 0 Å². The lowest BCUT2D eigenvalue weighted by Gasteiger charge is -2.27. The standard InChI is InChI=1S/C16H25N3O2/c1-5-9-19(10-11-20)16(21)18-14(12(2)3)15-13(4)7-6-8-17-15/h5-8,12,14,20H,1,9-11H2,2-4H3,(H,18,21). The monoisotopic (exact) mass is 291 g/mol. The maximum atomic E-state index is 12.4. The first-order chi connectivity index (χ1) is 10.0. The van der Waals surface area contributed by atoms with Crippen LogP contribution < -0.4 is 5.32 Å². The molecular weight excluding hydrogens is 266 g/mol. The molecule has 0 saturated heterocycles. The fourth-order valence-electron chi connectivity index (χ4n) is 2.15. The van der Waals surface area contributed by atoms with E-state index in [2.05, 4.69) is 16.9 Å². The van der Waals surface area contributed by atoms with Gasteiger partial charge in [-0.1, -0.05) is 26.0 Å². The highest BCUT2D eigenvalue weighted by Gasteiger charge is 2.23. The molecule has 1 heterocycles. The van der Waals surface area contributed by atoms with Crippen LogP contribution in [-0.4, -0.2) is 40.7 Å². The smallest absolute Gasteiger partial charge is 0.318 e. The molecule has 2 amide bonds. The molecular formula is C16H25N3O2. The number of urea groups is 1. The van der Waals surface area contributed by atoms with Crippen LogP contribution >= 0.6 is 0 Å². The van der Waals surface area contributed by atoms with Crippen LogP contribution in [0.3, 0.4) is 0 Å². The number of pyridine rings is 1. The number of hydrogen-bond donors (Lipinski definition) is 2. The van der Waals surface area contributed by atoms with Gasteiger partial charge in [-0.2, -0.15) is 0 Å². The van der Waals surface area contributed by atoms with Gasteiger partial charge in [-0.3, -0.25) is 4.98 Å². The Morgan fingerprint density at radius 3 is 2.81 bits per heavy atom. The van der Waals surface area contributed by atoms with Crippen molar-refractivity contribution < 1.29 is 9.90 Å². The number of nitrogens with one attached hydrogen (secondary N) is 1. The van der Waals surface area contributed by atoms with E-state index in [9.17, 15) is 4.79 Å². The number of aryl methyl sites for hydroxylation is 1. The Hall–Kier alpha value is -1.88. The number of amides is 2. The normalized spacial score (nSPS) is 12.0. The van der Waals surface area contributed by atoms with Gasteiger partial charge in [-0.25, -0.2) is 4.79 Å². The van der Waals surface area contributed by atoms with Crippen molar-refractivity contribution in [1.82, 2.24) is 15.2 Å². The minimum absolute atomic E-state index is 0.0732. The number of nitrogens with zero attached hydrogens (tertiary/aromatic N) is 2. The minimum atomic E-state index is -0.215. The number of carbonyl (C=O) groups is 1. The van der Waals surface area contributed by atoms with E-state index in [1.807, 2.05) is 32.9 Å². The summed E-state index contributed by atoms with van der Waals surface area (Å²) in [6.45, 7) is 10.3. The van der Waals surface area contributed by atoms with E-state index >= 15 is 0 Å². The van der Waals surface area contributed by atoms with Gasteiger partial charge in [0.2, 0.25) is 0 Å². The Kier molecular flexibility index (Phi) is 6.88. The molecule has 0 aliphatic carbocycles. The largest absolute Gasteiger partial charge is 0.395 e. The van der Waals surface area contributed by atoms with Crippen molar-refractivity contribution in [3.8, 4) is 0 Å². The highest BCUT2D eigenvalue weighted by Crippen LogP contribution is 2.22. The molecule has 116 valence electrons. The maximum absolute atomic E-state index is 12.4. The Labute approximate surface area is 126 Å². The summed E-state index contributed by atoms with van der Waals surface area (Å²) in [6.07, 6.45) is 3.38. The fraction of sp³-hybridized carbons (Fsp3) is 0.500. The third kappa shape index (κ3) is 4.86. The lowest BCUT2D eigenvalue weighted by Crippen LogP contribution is -2.44. The van der Waals surface area contributed by atoms with Gasteiger partial charge in [0.05, 0.1) is 18.3 Å². The summed E-state index contributed by atoms with van der Waals surface area (Å²) in [7, 11) is 0. The van der Waals surface area contributed by atoms with Crippen LogP contribution in [0.4, 0.5) is 4.79 Å². The molecule has 1 unspecified atom stereocenters. The first-order valence-corrected chi connectivity index (χ1v) is 7.20. The summed E-state index contributed by atoms with van der Waals surface area (Å²) < 4.78 is 0. The molecule has 0 radical (unpaired) electrons.